The van der Waals surface area contributed by atoms with Crippen molar-refractivity contribution >= 4 is 34.8 Å². The van der Waals surface area contributed by atoms with E-state index >= 15 is 0 Å². The summed E-state index contributed by atoms with van der Waals surface area (Å²) in [6, 6.07) is 13.5. The number of hydrogen-bond donors (Lipinski definition) is 1. The van der Waals surface area contributed by atoms with E-state index in [9.17, 15) is 9.18 Å². The van der Waals surface area contributed by atoms with Gasteiger partial charge in [-0.1, -0.05) is 35.5 Å². The predicted molar refractivity (Wildman–Crippen MR) is 87.9 cm³/mol. The summed E-state index contributed by atoms with van der Waals surface area (Å²) in [5.41, 5.74) is 2.26. The van der Waals surface area contributed by atoms with Crippen LogP contribution < -0.4 is 5.32 Å². The first-order valence-electron chi connectivity index (χ1n) is 6.53. The molecule has 1 aliphatic rings. The zero-order valence-electron chi connectivity index (χ0n) is 11.3. The Hall–Kier alpha value is -2.04. The fraction of sp³-hybridized carbons (Fsp3) is 0. The van der Waals surface area contributed by atoms with E-state index in [1.54, 1.807) is 12.1 Å². The maximum atomic E-state index is 13.0. The molecule has 1 aliphatic heterocycles. The van der Waals surface area contributed by atoms with Crippen LogP contribution in [0, 0.1) is 5.82 Å². The molecule has 3 rings (SSSR count). The molecule has 0 saturated carbocycles. The first kappa shape index (κ1) is 14.9. The van der Waals surface area contributed by atoms with Gasteiger partial charge in [0.2, 0.25) is 5.91 Å². The predicted octanol–water partition coefficient (Wildman–Crippen LogP) is 4.63. The Labute approximate surface area is 136 Å². The van der Waals surface area contributed by atoms with Crippen molar-refractivity contribution in [1.29, 1.82) is 0 Å². The van der Waals surface area contributed by atoms with Gasteiger partial charge in [0.25, 0.3) is 0 Å². The first-order valence-corrected chi connectivity index (χ1v) is 7.79. The highest BCUT2D eigenvalue weighted by atomic mass is 35.5. The molecule has 1 amide bonds. The molecular weight excluding hydrogens is 321 g/mol. The summed E-state index contributed by atoms with van der Waals surface area (Å²) in [4.78, 5) is 12.6. The van der Waals surface area contributed by atoms with E-state index in [0.717, 1.165) is 16.0 Å². The van der Waals surface area contributed by atoms with Gasteiger partial charge < -0.3 is 5.32 Å². The molecule has 0 radical (unpaired) electrons. The van der Waals surface area contributed by atoms with Gasteiger partial charge in [0.1, 0.15) is 5.82 Å². The molecule has 110 valence electrons. The van der Waals surface area contributed by atoms with E-state index < -0.39 is 0 Å². The molecule has 1 heterocycles. The summed E-state index contributed by atoms with van der Waals surface area (Å²) < 4.78 is 13.0. The van der Waals surface area contributed by atoms with Gasteiger partial charge in [0.15, 0.2) is 0 Å². The van der Waals surface area contributed by atoms with Crippen LogP contribution in [0.4, 0.5) is 4.39 Å². The number of carbonyl (C=O) groups is 1. The Balaban J connectivity index is 1.84. The number of allylic oxidation sites excluding steroid dienone is 1. The molecule has 2 nitrogen and oxygen atoms in total. The molecule has 0 aliphatic carbocycles. The minimum absolute atomic E-state index is 0.178. The minimum atomic E-state index is -0.303. The smallest absolute Gasteiger partial charge is 0.249 e. The van der Waals surface area contributed by atoms with Crippen molar-refractivity contribution in [2.45, 2.75) is 4.90 Å². The molecule has 0 unspecified atom stereocenters. The fourth-order valence-electron chi connectivity index (χ4n) is 2.05. The summed E-state index contributed by atoms with van der Waals surface area (Å²) in [6.07, 6.45) is 1.52. The van der Waals surface area contributed by atoms with Gasteiger partial charge in [-0.25, -0.2) is 4.39 Å². The molecule has 0 saturated heterocycles. The highest BCUT2D eigenvalue weighted by molar-refractivity contribution is 8.02. The van der Waals surface area contributed by atoms with Crippen molar-refractivity contribution in [2.75, 3.05) is 0 Å². The normalized spacial score (nSPS) is 15.8. The van der Waals surface area contributed by atoms with Gasteiger partial charge in [-0.15, -0.1) is 0 Å². The van der Waals surface area contributed by atoms with Crippen LogP contribution in [0.2, 0.25) is 5.02 Å². The van der Waals surface area contributed by atoms with E-state index in [1.807, 2.05) is 29.7 Å². The second-order valence-electron chi connectivity index (χ2n) is 4.66. The van der Waals surface area contributed by atoms with Gasteiger partial charge in [0, 0.05) is 27.0 Å². The molecular formula is C17H11ClFNOS. The summed E-state index contributed by atoms with van der Waals surface area (Å²) in [6.45, 7) is 0. The Morgan fingerprint density at radius 1 is 1.05 bits per heavy atom. The van der Waals surface area contributed by atoms with Crippen LogP contribution in [0.1, 0.15) is 5.56 Å². The van der Waals surface area contributed by atoms with E-state index in [1.165, 1.54) is 30.0 Å². The zero-order valence-corrected chi connectivity index (χ0v) is 12.9. The molecule has 1 N–H and O–H groups in total. The molecule has 2 aromatic carbocycles. The Bertz CT molecular complexity index is 766. The van der Waals surface area contributed by atoms with Crippen molar-refractivity contribution in [3.63, 3.8) is 0 Å². The highest BCUT2D eigenvalue weighted by Crippen LogP contribution is 2.30. The van der Waals surface area contributed by atoms with Crippen molar-refractivity contribution in [3.8, 4) is 0 Å². The van der Waals surface area contributed by atoms with Crippen molar-refractivity contribution in [1.82, 2.24) is 5.32 Å². The lowest BCUT2D eigenvalue weighted by Crippen LogP contribution is -2.13. The quantitative estimate of drug-likeness (QED) is 0.831. The van der Waals surface area contributed by atoms with E-state index in [4.69, 9.17) is 11.6 Å². The minimum Gasteiger partial charge on any atom is -0.321 e. The third kappa shape index (κ3) is 3.40. The number of benzene rings is 2. The number of halogens is 2. The van der Waals surface area contributed by atoms with Gasteiger partial charge in [0.05, 0.1) is 5.70 Å². The fourth-order valence-corrected chi connectivity index (χ4v) is 2.91. The van der Waals surface area contributed by atoms with Crippen LogP contribution in [-0.4, -0.2) is 5.91 Å². The molecule has 22 heavy (non-hydrogen) atoms. The third-order valence-corrected chi connectivity index (χ3v) is 4.26. The summed E-state index contributed by atoms with van der Waals surface area (Å²) in [5, 5.41) is 5.33. The molecule has 0 aromatic heterocycles. The highest BCUT2D eigenvalue weighted by Gasteiger charge is 2.18. The summed E-state index contributed by atoms with van der Waals surface area (Å²) in [5.74, 6) is -0.481. The molecule has 2 aromatic rings. The van der Waals surface area contributed by atoms with Crippen LogP contribution in [-0.2, 0) is 4.79 Å². The molecule has 0 atom stereocenters. The number of amides is 1. The Morgan fingerprint density at radius 2 is 1.73 bits per heavy atom. The van der Waals surface area contributed by atoms with Gasteiger partial charge in [-0.2, -0.15) is 0 Å². The monoisotopic (exact) mass is 331 g/mol. The largest absolute Gasteiger partial charge is 0.321 e. The topological polar surface area (TPSA) is 29.1 Å². The van der Waals surface area contributed by atoms with Gasteiger partial charge in [-0.3, -0.25) is 4.79 Å². The Kier molecular flexibility index (Phi) is 4.32. The van der Waals surface area contributed by atoms with E-state index in [0.29, 0.717) is 10.7 Å². The second-order valence-corrected chi connectivity index (χ2v) is 6.04. The first-order chi connectivity index (χ1) is 10.6. The molecule has 5 heteroatoms. The lowest BCUT2D eigenvalue weighted by molar-refractivity contribution is -0.115. The van der Waals surface area contributed by atoms with Crippen LogP contribution >= 0.6 is 23.4 Å². The maximum absolute atomic E-state index is 13.0. The van der Waals surface area contributed by atoms with Gasteiger partial charge >= 0.3 is 0 Å². The lowest BCUT2D eigenvalue weighted by Gasteiger charge is -2.06. The van der Waals surface area contributed by atoms with Crippen molar-refractivity contribution in [3.05, 3.63) is 82.1 Å². The number of carbonyl (C=O) groups excluding carboxylic acids is 1. The number of rotatable bonds is 3. The van der Waals surface area contributed by atoms with Crippen LogP contribution in [0.25, 0.3) is 5.57 Å². The number of hydrogen-bond acceptors (Lipinski definition) is 2. The SMILES string of the molecule is O=C1C=C(c2ccc(F)cc2)/C(=C/Sc2ccc(Cl)cc2)N1. The van der Waals surface area contributed by atoms with Crippen LogP contribution in [0.15, 0.2) is 70.6 Å². The standard InChI is InChI=1S/C17H11ClFNOS/c18-12-3-7-14(8-4-12)22-10-16-15(9-17(21)20-16)11-1-5-13(19)6-2-11/h1-10H,(H,20,21)/b16-10-. The van der Waals surface area contributed by atoms with E-state index in [2.05, 4.69) is 5.32 Å². The molecule has 0 spiro atoms. The number of thioether (sulfide) groups is 1. The van der Waals surface area contributed by atoms with Crippen LogP contribution in [0.5, 0.6) is 0 Å². The second kappa shape index (κ2) is 6.38. The summed E-state index contributed by atoms with van der Waals surface area (Å²) in [7, 11) is 0. The molecule has 0 fully saturated rings. The average Bonchev–Trinajstić information content (AvgIpc) is 2.88. The Morgan fingerprint density at radius 3 is 2.41 bits per heavy atom. The maximum Gasteiger partial charge on any atom is 0.249 e. The summed E-state index contributed by atoms with van der Waals surface area (Å²) >= 11 is 7.33. The van der Waals surface area contributed by atoms with Crippen LogP contribution in [0.3, 0.4) is 0 Å². The van der Waals surface area contributed by atoms with Crippen molar-refractivity contribution in [2.24, 2.45) is 0 Å². The van der Waals surface area contributed by atoms with Crippen molar-refractivity contribution < 1.29 is 9.18 Å². The number of nitrogens with one attached hydrogen (secondary N) is 1. The van der Waals surface area contributed by atoms with Gasteiger partial charge in [-0.05, 0) is 42.0 Å². The molecule has 0 bridgehead atoms. The average molecular weight is 332 g/mol. The zero-order chi connectivity index (χ0) is 15.5. The van der Waals surface area contributed by atoms with E-state index in [-0.39, 0.29) is 11.7 Å². The lowest BCUT2D eigenvalue weighted by atomic mass is 10.1. The third-order valence-electron chi connectivity index (χ3n) is 3.11.